The summed E-state index contributed by atoms with van der Waals surface area (Å²) in [5.74, 6) is 0. The molecule has 0 saturated heterocycles. The molecule has 2 nitrogen and oxygen atoms in total. The molecule has 2 N–H and O–H groups in total. The molecule has 0 radical (unpaired) electrons. The number of H-pyrrole nitrogens is 2. The lowest BCUT2D eigenvalue weighted by atomic mass is 10.3. The maximum atomic E-state index is 3.12. The standard InChI is InChI=1S/2C8H7N.C2H6/c2*1-2-4-8-7(3-1)5-6-9-8;1-2/h2*1-6,9H;1-2H3. The lowest BCUT2D eigenvalue weighted by Gasteiger charge is -1.83. The van der Waals surface area contributed by atoms with Crippen LogP contribution in [0.3, 0.4) is 0 Å². The highest BCUT2D eigenvalue weighted by molar-refractivity contribution is 5.79. The Kier molecular flexibility index (Phi) is 5.01. The van der Waals surface area contributed by atoms with Crippen LogP contribution in [0.15, 0.2) is 73.1 Å². The number of nitrogens with one attached hydrogen (secondary N) is 2. The number of hydrogen-bond acceptors (Lipinski definition) is 0. The van der Waals surface area contributed by atoms with Crippen molar-refractivity contribution >= 4 is 21.8 Å². The Balaban J connectivity index is 0.000000131. The van der Waals surface area contributed by atoms with E-state index in [1.54, 1.807) is 0 Å². The van der Waals surface area contributed by atoms with Crippen LogP contribution >= 0.6 is 0 Å². The number of benzene rings is 2. The van der Waals surface area contributed by atoms with Crippen LogP contribution in [-0.2, 0) is 0 Å². The van der Waals surface area contributed by atoms with E-state index in [2.05, 4.69) is 46.4 Å². The van der Waals surface area contributed by atoms with Crippen LogP contribution in [0, 0.1) is 0 Å². The van der Waals surface area contributed by atoms with Crippen molar-refractivity contribution in [3.8, 4) is 0 Å². The largest absolute Gasteiger partial charge is 0.361 e. The molecular formula is C18H20N2. The highest BCUT2D eigenvalue weighted by Crippen LogP contribution is 2.09. The molecule has 0 unspecified atom stereocenters. The van der Waals surface area contributed by atoms with E-state index in [4.69, 9.17) is 0 Å². The van der Waals surface area contributed by atoms with Gasteiger partial charge in [0.25, 0.3) is 0 Å². The van der Waals surface area contributed by atoms with Gasteiger partial charge in [0.1, 0.15) is 0 Å². The van der Waals surface area contributed by atoms with E-state index in [-0.39, 0.29) is 0 Å². The molecule has 0 aliphatic heterocycles. The van der Waals surface area contributed by atoms with Crippen molar-refractivity contribution in [3.05, 3.63) is 73.1 Å². The van der Waals surface area contributed by atoms with E-state index in [0.717, 1.165) is 0 Å². The fraction of sp³-hybridized carbons (Fsp3) is 0.111. The third kappa shape index (κ3) is 3.29. The monoisotopic (exact) mass is 264 g/mol. The Morgan fingerprint density at radius 3 is 1.35 bits per heavy atom. The zero-order chi connectivity index (χ0) is 14.2. The second kappa shape index (κ2) is 7.19. The maximum Gasteiger partial charge on any atom is 0.0453 e. The summed E-state index contributed by atoms with van der Waals surface area (Å²) in [4.78, 5) is 6.24. The fourth-order valence-corrected chi connectivity index (χ4v) is 1.99. The summed E-state index contributed by atoms with van der Waals surface area (Å²) < 4.78 is 0. The Hall–Kier alpha value is -2.48. The van der Waals surface area contributed by atoms with Crippen molar-refractivity contribution in [1.29, 1.82) is 0 Å². The zero-order valence-corrected chi connectivity index (χ0v) is 11.9. The van der Waals surface area contributed by atoms with E-state index in [0.29, 0.717) is 0 Å². The molecule has 0 fully saturated rings. The van der Waals surface area contributed by atoms with E-state index in [1.165, 1.54) is 21.8 Å². The first-order valence-corrected chi connectivity index (χ1v) is 6.98. The van der Waals surface area contributed by atoms with Gasteiger partial charge in [-0.1, -0.05) is 50.2 Å². The summed E-state index contributed by atoms with van der Waals surface area (Å²) in [5, 5.41) is 2.55. The SMILES string of the molecule is CC.c1ccc2[nH]ccc2c1.c1ccc2[nH]ccc2c1. The average molecular weight is 264 g/mol. The van der Waals surface area contributed by atoms with E-state index >= 15 is 0 Å². The summed E-state index contributed by atoms with van der Waals surface area (Å²) in [6, 6.07) is 20.6. The molecule has 2 aromatic carbocycles. The Labute approximate surface area is 119 Å². The number of para-hydroxylation sites is 2. The molecule has 2 heteroatoms. The minimum absolute atomic E-state index is 1.21. The highest BCUT2D eigenvalue weighted by Gasteiger charge is 1.87. The van der Waals surface area contributed by atoms with Crippen molar-refractivity contribution in [1.82, 2.24) is 9.97 Å². The van der Waals surface area contributed by atoms with Gasteiger partial charge in [-0.3, -0.25) is 0 Å². The van der Waals surface area contributed by atoms with Crippen LogP contribution in [0.4, 0.5) is 0 Å². The minimum Gasteiger partial charge on any atom is -0.361 e. The van der Waals surface area contributed by atoms with Gasteiger partial charge in [-0.05, 0) is 35.0 Å². The Morgan fingerprint density at radius 2 is 0.950 bits per heavy atom. The summed E-state index contributed by atoms with van der Waals surface area (Å²) in [7, 11) is 0. The number of rotatable bonds is 0. The third-order valence-corrected chi connectivity index (χ3v) is 2.93. The van der Waals surface area contributed by atoms with Crippen LogP contribution in [0.2, 0.25) is 0 Å². The molecule has 0 amide bonds. The summed E-state index contributed by atoms with van der Waals surface area (Å²) in [5.41, 5.74) is 2.41. The molecule has 4 aromatic rings. The van der Waals surface area contributed by atoms with Gasteiger partial charge >= 0.3 is 0 Å². The van der Waals surface area contributed by atoms with Crippen molar-refractivity contribution in [2.24, 2.45) is 0 Å². The summed E-state index contributed by atoms with van der Waals surface area (Å²) >= 11 is 0. The fourth-order valence-electron chi connectivity index (χ4n) is 1.99. The smallest absolute Gasteiger partial charge is 0.0453 e. The predicted octanol–water partition coefficient (Wildman–Crippen LogP) is 5.36. The first-order valence-electron chi connectivity index (χ1n) is 6.98. The second-order valence-corrected chi connectivity index (χ2v) is 4.13. The maximum absolute atomic E-state index is 3.12. The second-order valence-electron chi connectivity index (χ2n) is 4.13. The molecule has 4 rings (SSSR count). The molecule has 102 valence electrons. The normalized spacial score (nSPS) is 9.50. The number of hydrogen-bond donors (Lipinski definition) is 2. The summed E-state index contributed by atoms with van der Waals surface area (Å²) in [6.45, 7) is 4.00. The van der Waals surface area contributed by atoms with E-state index in [1.807, 2.05) is 50.5 Å². The van der Waals surface area contributed by atoms with E-state index < -0.39 is 0 Å². The molecule has 0 saturated carbocycles. The lowest BCUT2D eigenvalue weighted by Crippen LogP contribution is -1.61. The molecule has 0 spiro atoms. The van der Waals surface area contributed by atoms with E-state index in [9.17, 15) is 0 Å². The Morgan fingerprint density at radius 1 is 0.550 bits per heavy atom. The minimum atomic E-state index is 1.21. The number of aromatic nitrogens is 2. The Bertz CT molecular complexity index is 623. The predicted molar refractivity (Wildman–Crippen MR) is 87.9 cm³/mol. The number of aromatic amines is 2. The molecule has 2 heterocycles. The van der Waals surface area contributed by atoms with Crippen LogP contribution in [0.5, 0.6) is 0 Å². The van der Waals surface area contributed by atoms with Crippen molar-refractivity contribution in [3.63, 3.8) is 0 Å². The van der Waals surface area contributed by atoms with Crippen LogP contribution in [0.1, 0.15) is 13.8 Å². The molecule has 0 aliphatic carbocycles. The topological polar surface area (TPSA) is 31.6 Å². The van der Waals surface area contributed by atoms with Gasteiger partial charge in [0.15, 0.2) is 0 Å². The molecular weight excluding hydrogens is 244 g/mol. The molecule has 0 bridgehead atoms. The van der Waals surface area contributed by atoms with Gasteiger partial charge in [-0.2, -0.15) is 0 Å². The van der Waals surface area contributed by atoms with Gasteiger partial charge < -0.3 is 9.97 Å². The molecule has 0 atom stereocenters. The van der Waals surface area contributed by atoms with Gasteiger partial charge in [-0.15, -0.1) is 0 Å². The zero-order valence-electron chi connectivity index (χ0n) is 11.9. The van der Waals surface area contributed by atoms with Crippen LogP contribution < -0.4 is 0 Å². The first-order chi connectivity index (χ1) is 9.93. The quantitative estimate of drug-likeness (QED) is 0.428. The van der Waals surface area contributed by atoms with Gasteiger partial charge in [0, 0.05) is 23.4 Å². The average Bonchev–Trinajstić information content (AvgIpc) is 3.18. The first kappa shape index (κ1) is 13.9. The van der Waals surface area contributed by atoms with Gasteiger partial charge in [-0.25, -0.2) is 0 Å². The summed E-state index contributed by atoms with van der Waals surface area (Å²) in [6.07, 6.45) is 3.90. The van der Waals surface area contributed by atoms with Gasteiger partial charge in [0.2, 0.25) is 0 Å². The number of fused-ring (bicyclic) bond motifs is 2. The van der Waals surface area contributed by atoms with Crippen molar-refractivity contribution in [2.45, 2.75) is 13.8 Å². The van der Waals surface area contributed by atoms with Crippen LogP contribution in [-0.4, -0.2) is 9.97 Å². The van der Waals surface area contributed by atoms with Gasteiger partial charge in [0.05, 0.1) is 0 Å². The molecule has 2 aromatic heterocycles. The highest BCUT2D eigenvalue weighted by atomic mass is 14.7. The third-order valence-electron chi connectivity index (χ3n) is 2.93. The van der Waals surface area contributed by atoms with Crippen molar-refractivity contribution in [2.75, 3.05) is 0 Å². The molecule has 20 heavy (non-hydrogen) atoms. The molecule has 0 aliphatic rings. The van der Waals surface area contributed by atoms with Crippen LogP contribution in [0.25, 0.3) is 21.8 Å². The lowest BCUT2D eigenvalue weighted by molar-refractivity contribution is 1.48. The van der Waals surface area contributed by atoms with Crippen molar-refractivity contribution < 1.29 is 0 Å².